The Morgan fingerprint density at radius 1 is 1.08 bits per heavy atom. The number of alkyl halides is 3. The van der Waals surface area contributed by atoms with Crippen LogP contribution in [0, 0.1) is 17.7 Å². The van der Waals surface area contributed by atoms with Gasteiger partial charge in [0.05, 0.1) is 25.4 Å². The van der Waals surface area contributed by atoms with Crippen LogP contribution in [0.1, 0.15) is 57.1 Å². The first-order chi connectivity index (χ1) is 17.3. The van der Waals surface area contributed by atoms with Gasteiger partial charge >= 0.3 is 6.18 Å². The normalized spacial score (nSPS) is 21.3. The first-order valence-electron chi connectivity index (χ1n) is 13.3. The van der Waals surface area contributed by atoms with Crippen LogP contribution >= 0.6 is 0 Å². The second kappa shape index (κ2) is 14.2. The first kappa shape index (κ1) is 32.0. The molecule has 1 aliphatic carbocycles. The monoisotopic (exact) mass is 534 g/mol. The molecule has 0 bridgehead atoms. The topological polar surface area (TPSA) is 45.2 Å². The smallest absolute Gasteiger partial charge is 0.389 e. The van der Waals surface area contributed by atoms with E-state index in [2.05, 4.69) is 18.7 Å². The van der Waals surface area contributed by atoms with E-state index in [1.54, 1.807) is 33.3 Å². The van der Waals surface area contributed by atoms with Crippen LogP contribution in [0.3, 0.4) is 0 Å². The summed E-state index contributed by atoms with van der Waals surface area (Å²) in [4.78, 5) is 3.55. The predicted molar refractivity (Wildman–Crippen MR) is 138 cm³/mol. The average molecular weight is 535 g/mol. The highest BCUT2D eigenvalue weighted by Crippen LogP contribution is 2.45. The van der Waals surface area contributed by atoms with Crippen LogP contribution in [0.25, 0.3) is 0 Å². The number of ether oxygens (including phenoxy) is 2. The maximum atomic E-state index is 13.8. The van der Waals surface area contributed by atoms with Gasteiger partial charge in [0, 0.05) is 38.6 Å². The third-order valence-electron chi connectivity index (χ3n) is 7.83. The third-order valence-corrected chi connectivity index (χ3v) is 7.83. The summed E-state index contributed by atoms with van der Waals surface area (Å²) in [6.45, 7) is 7.18. The van der Waals surface area contributed by atoms with Crippen LogP contribution in [-0.4, -0.2) is 93.4 Å². The molecule has 0 amide bonds. The Labute approximate surface area is 220 Å². The highest BCUT2D eigenvalue weighted by molar-refractivity contribution is 5.36. The Hall–Kier alpha value is -1.26. The number of aryl methyl sites for hydroxylation is 1. The van der Waals surface area contributed by atoms with Crippen LogP contribution in [0.15, 0.2) is 18.2 Å². The van der Waals surface area contributed by atoms with E-state index in [-0.39, 0.29) is 29.6 Å². The van der Waals surface area contributed by atoms with Crippen LogP contribution in [0.5, 0.6) is 0 Å². The number of fused-ring (bicyclic) bond motifs is 1. The molecule has 0 saturated carbocycles. The van der Waals surface area contributed by atoms with Gasteiger partial charge in [0.1, 0.15) is 5.82 Å². The molecule has 214 valence electrons. The van der Waals surface area contributed by atoms with Crippen molar-refractivity contribution in [2.75, 3.05) is 60.7 Å². The minimum Gasteiger partial charge on any atom is -0.389 e. The van der Waals surface area contributed by atoms with Gasteiger partial charge in [0.2, 0.25) is 0 Å². The van der Waals surface area contributed by atoms with Crippen LogP contribution in [-0.2, 0) is 15.9 Å². The van der Waals surface area contributed by atoms with Crippen LogP contribution < -0.4 is 0 Å². The molecule has 1 unspecified atom stereocenters. The second-order valence-corrected chi connectivity index (χ2v) is 11.1. The van der Waals surface area contributed by atoms with Crippen molar-refractivity contribution >= 4 is 0 Å². The molecular formula is C28H46F4N2O3. The molecule has 37 heavy (non-hydrogen) atoms. The molecule has 0 radical (unpaired) electrons. The molecule has 9 heteroatoms. The second-order valence-electron chi connectivity index (χ2n) is 11.1. The number of hydrogen-bond acceptors (Lipinski definition) is 5. The van der Waals surface area contributed by atoms with Gasteiger partial charge in [-0.1, -0.05) is 19.9 Å². The molecule has 0 fully saturated rings. The first-order valence-corrected chi connectivity index (χ1v) is 13.3. The standard InChI is InChI=1S/C28H46F4N2O3/c1-20(2)26-25-9-8-24(29)16-22(25)10-11-27(26,35)12-15-33(4)13-7-14-34(19-28(30,31)32)21(3)23(17-36-5)18-37-6/h8-9,16,20-21,23,26,35H,7,10-15,17-19H2,1-6H3/t21?,26-,27-/m0/s1. The molecule has 0 aromatic heterocycles. The summed E-state index contributed by atoms with van der Waals surface area (Å²) in [5.41, 5.74) is 1.08. The van der Waals surface area contributed by atoms with Gasteiger partial charge in [0.15, 0.2) is 0 Å². The number of aliphatic hydroxyl groups is 1. The minimum absolute atomic E-state index is 0.0909. The Kier molecular flexibility index (Phi) is 12.3. The van der Waals surface area contributed by atoms with Gasteiger partial charge in [-0.25, -0.2) is 4.39 Å². The van der Waals surface area contributed by atoms with Crippen molar-refractivity contribution in [3.05, 3.63) is 35.1 Å². The van der Waals surface area contributed by atoms with Crippen molar-refractivity contribution in [3.8, 4) is 0 Å². The van der Waals surface area contributed by atoms with Crippen molar-refractivity contribution in [3.63, 3.8) is 0 Å². The predicted octanol–water partition coefficient (Wildman–Crippen LogP) is 5.12. The largest absolute Gasteiger partial charge is 0.401 e. The fraction of sp³-hybridized carbons (Fsp3) is 0.786. The summed E-state index contributed by atoms with van der Waals surface area (Å²) in [6.07, 6.45) is -1.98. The van der Waals surface area contributed by atoms with E-state index >= 15 is 0 Å². The van der Waals surface area contributed by atoms with E-state index in [1.807, 2.05) is 7.05 Å². The lowest BCUT2D eigenvalue weighted by molar-refractivity contribution is -0.154. The van der Waals surface area contributed by atoms with Crippen molar-refractivity contribution < 1.29 is 32.1 Å². The number of nitrogens with zero attached hydrogens (tertiary/aromatic N) is 2. The van der Waals surface area contributed by atoms with Gasteiger partial charge in [-0.05, 0) is 81.9 Å². The summed E-state index contributed by atoms with van der Waals surface area (Å²) in [5.74, 6) is -0.327. The van der Waals surface area contributed by atoms with Crippen molar-refractivity contribution in [1.29, 1.82) is 0 Å². The molecule has 0 spiro atoms. The van der Waals surface area contributed by atoms with E-state index in [4.69, 9.17) is 9.47 Å². The van der Waals surface area contributed by atoms with E-state index in [1.165, 1.54) is 11.0 Å². The molecular weight excluding hydrogens is 488 g/mol. The number of methoxy groups -OCH3 is 2. The molecule has 0 heterocycles. The van der Waals surface area contributed by atoms with Crippen molar-refractivity contribution in [2.45, 2.75) is 70.2 Å². The summed E-state index contributed by atoms with van der Waals surface area (Å²) in [6, 6.07) is 4.49. The van der Waals surface area contributed by atoms with Crippen LogP contribution in [0.2, 0.25) is 0 Å². The Morgan fingerprint density at radius 3 is 2.30 bits per heavy atom. The number of benzene rings is 1. The fourth-order valence-electron chi connectivity index (χ4n) is 5.90. The Morgan fingerprint density at radius 2 is 1.73 bits per heavy atom. The van der Waals surface area contributed by atoms with Crippen molar-refractivity contribution in [2.24, 2.45) is 11.8 Å². The zero-order valence-corrected chi connectivity index (χ0v) is 23.3. The zero-order valence-electron chi connectivity index (χ0n) is 23.3. The average Bonchev–Trinajstić information content (AvgIpc) is 2.80. The number of halogens is 4. The maximum Gasteiger partial charge on any atom is 0.401 e. The molecule has 1 aliphatic rings. The summed E-state index contributed by atoms with van der Waals surface area (Å²) in [7, 11) is 5.02. The molecule has 1 N–H and O–H groups in total. The molecule has 2 rings (SSSR count). The Bertz CT molecular complexity index is 817. The molecule has 1 aromatic carbocycles. The quantitative estimate of drug-likeness (QED) is 0.317. The number of rotatable bonds is 15. The van der Waals surface area contributed by atoms with Gasteiger partial charge < -0.3 is 19.5 Å². The van der Waals surface area contributed by atoms with E-state index in [9.17, 15) is 22.7 Å². The molecule has 0 aliphatic heterocycles. The highest BCUT2D eigenvalue weighted by Gasteiger charge is 2.43. The lowest BCUT2D eigenvalue weighted by Crippen LogP contribution is -2.47. The van der Waals surface area contributed by atoms with Gasteiger partial charge in [-0.3, -0.25) is 4.90 Å². The molecule has 0 saturated heterocycles. The highest BCUT2D eigenvalue weighted by atomic mass is 19.4. The minimum atomic E-state index is -4.29. The molecule has 1 aromatic rings. The molecule has 5 nitrogen and oxygen atoms in total. The Balaban J connectivity index is 1.97. The van der Waals surface area contributed by atoms with E-state index in [0.29, 0.717) is 58.5 Å². The van der Waals surface area contributed by atoms with E-state index < -0.39 is 18.3 Å². The number of hydrogen-bond donors (Lipinski definition) is 1. The third kappa shape index (κ3) is 9.46. The van der Waals surface area contributed by atoms with Gasteiger partial charge in [0.25, 0.3) is 0 Å². The summed E-state index contributed by atoms with van der Waals surface area (Å²) in [5, 5.41) is 11.7. The lowest BCUT2D eigenvalue weighted by atomic mass is 9.66. The summed E-state index contributed by atoms with van der Waals surface area (Å²) >= 11 is 0. The summed E-state index contributed by atoms with van der Waals surface area (Å²) < 4.78 is 64.2. The van der Waals surface area contributed by atoms with Gasteiger partial charge in [-0.15, -0.1) is 0 Å². The van der Waals surface area contributed by atoms with Crippen LogP contribution in [0.4, 0.5) is 17.6 Å². The SMILES string of the molecule is COCC(COC)C(C)N(CCCN(C)CC[C@@]1(O)CCc2cc(F)ccc2[C@@H]1C(C)C)CC(F)(F)F. The fourth-order valence-corrected chi connectivity index (χ4v) is 5.90. The van der Waals surface area contributed by atoms with Gasteiger partial charge in [-0.2, -0.15) is 13.2 Å². The van der Waals surface area contributed by atoms with Crippen molar-refractivity contribution in [1.82, 2.24) is 9.80 Å². The van der Waals surface area contributed by atoms with E-state index in [0.717, 1.165) is 11.1 Å². The zero-order chi connectivity index (χ0) is 27.8. The molecule has 3 atom stereocenters. The maximum absolute atomic E-state index is 13.8. The lowest BCUT2D eigenvalue weighted by Gasteiger charge is -2.44.